The van der Waals surface area contributed by atoms with Crippen LogP contribution in [-0.2, 0) is 9.53 Å². The van der Waals surface area contributed by atoms with E-state index in [9.17, 15) is 9.59 Å². The molecule has 0 N–H and O–H groups in total. The molecule has 0 aliphatic heterocycles. The van der Waals surface area contributed by atoms with Crippen LogP contribution in [0.15, 0.2) is 57.7 Å². The Hall–Kier alpha value is -3.08. The van der Waals surface area contributed by atoms with Gasteiger partial charge in [0.05, 0.1) is 6.61 Å². The molecule has 3 aromatic rings. The van der Waals surface area contributed by atoms with Gasteiger partial charge in [-0.3, -0.25) is 0 Å². The molecule has 3 rings (SSSR count). The third kappa shape index (κ3) is 3.47. The summed E-state index contributed by atoms with van der Waals surface area (Å²) in [6.07, 6.45) is -0.755. The maximum Gasteiger partial charge on any atom is 0.347 e. The van der Waals surface area contributed by atoms with Gasteiger partial charge in [-0.2, -0.15) is 0 Å². The summed E-state index contributed by atoms with van der Waals surface area (Å²) in [7, 11) is 0. The maximum absolute atomic E-state index is 12.1. The Bertz CT molecular complexity index is 988. The first-order valence-corrected chi connectivity index (χ1v) is 8.47. The van der Waals surface area contributed by atoms with Crippen molar-refractivity contribution in [2.45, 2.75) is 26.9 Å². The lowest BCUT2D eigenvalue weighted by molar-refractivity contribution is -0.150. The van der Waals surface area contributed by atoms with Gasteiger partial charge in [-0.25, -0.2) is 9.59 Å². The highest BCUT2D eigenvalue weighted by Gasteiger charge is 2.19. The first-order chi connectivity index (χ1) is 12.5. The molecule has 26 heavy (non-hydrogen) atoms. The number of benzene rings is 2. The Morgan fingerprint density at radius 3 is 2.58 bits per heavy atom. The summed E-state index contributed by atoms with van der Waals surface area (Å²) >= 11 is 0. The van der Waals surface area contributed by atoms with E-state index in [1.807, 2.05) is 36.4 Å². The van der Waals surface area contributed by atoms with E-state index in [0.717, 1.165) is 16.5 Å². The summed E-state index contributed by atoms with van der Waals surface area (Å²) in [6.45, 7) is 5.45. The van der Waals surface area contributed by atoms with Crippen molar-refractivity contribution in [1.29, 1.82) is 0 Å². The number of hydrogen-bond acceptors (Lipinski definition) is 5. The molecule has 1 aromatic heterocycles. The van der Waals surface area contributed by atoms with Crippen molar-refractivity contribution in [1.82, 2.24) is 0 Å². The summed E-state index contributed by atoms with van der Waals surface area (Å²) in [6, 6.07) is 14.7. The molecule has 0 saturated heterocycles. The Labute approximate surface area is 151 Å². The number of carbonyl (C=O) groups excluding carboxylic acids is 1. The quantitative estimate of drug-likeness (QED) is 0.511. The van der Waals surface area contributed by atoms with Crippen molar-refractivity contribution in [3.05, 3.63) is 64.5 Å². The Morgan fingerprint density at radius 2 is 1.88 bits per heavy atom. The minimum Gasteiger partial charge on any atom is -0.479 e. The number of ether oxygens (including phenoxy) is 2. The second-order valence-corrected chi connectivity index (χ2v) is 5.92. The van der Waals surface area contributed by atoms with Gasteiger partial charge in [-0.15, -0.1) is 0 Å². The smallest absolute Gasteiger partial charge is 0.347 e. The lowest BCUT2D eigenvalue weighted by Crippen LogP contribution is -2.26. The van der Waals surface area contributed by atoms with Crippen molar-refractivity contribution in [3.8, 4) is 16.9 Å². The molecule has 5 heteroatoms. The standard InChI is InChI=1S/C21H20O5/c1-4-24-21(23)14(3)25-18-11-10-16-17(15-8-6-5-7-9-15)12-19(22)26-20(16)13(18)2/h5-12,14H,4H2,1-3H3/t14-/m1/s1. The zero-order chi connectivity index (χ0) is 18.7. The van der Waals surface area contributed by atoms with Crippen LogP contribution in [-0.4, -0.2) is 18.7 Å². The van der Waals surface area contributed by atoms with Gasteiger partial charge in [0.2, 0.25) is 0 Å². The van der Waals surface area contributed by atoms with Crippen molar-refractivity contribution < 1.29 is 18.7 Å². The summed E-state index contributed by atoms with van der Waals surface area (Å²) in [5.74, 6) is 0.0397. The van der Waals surface area contributed by atoms with E-state index in [0.29, 0.717) is 23.5 Å². The van der Waals surface area contributed by atoms with Gasteiger partial charge >= 0.3 is 11.6 Å². The summed E-state index contributed by atoms with van der Waals surface area (Å²) < 4.78 is 16.1. The zero-order valence-electron chi connectivity index (χ0n) is 14.9. The van der Waals surface area contributed by atoms with Crippen LogP contribution in [0.25, 0.3) is 22.1 Å². The van der Waals surface area contributed by atoms with E-state index in [4.69, 9.17) is 13.9 Å². The molecule has 0 aliphatic rings. The van der Waals surface area contributed by atoms with Crippen LogP contribution in [0, 0.1) is 6.92 Å². The van der Waals surface area contributed by atoms with Gasteiger partial charge in [-0.05, 0) is 44.0 Å². The molecule has 0 radical (unpaired) electrons. The van der Waals surface area contributed by atoms with Gasteiger partial charge in [0.25, 0.3) is 0 Å². The second kappa shape index (κ2) is 7.44. The number of hydrogen-bond donors (Lipinski definition) is 0. The topological polar surface area (TPSA) is 65.7 Å². The molecule has 0 unspecified atom stereocenters. The molecular weight excluding hydrogens is 332 g/mol. The van der Waals surface area contributed by atoms with Crippen LogP contribution < -0.4 is 10.4 Å². The van der Waals surface area contributed by atoms with E-state index in [1.54, 1.807) is 26.8 Å². The normalized spacial score (nSPS) is 12.0. The monoisotopic (exact) mass is 352 g/mol. The number of carbonyl (C=O) groups is 1. The van der Waals surface area contributed by atoms with E-state index < -0.39 is 17.7 Å². The summed E-state index contributed by atoms with van der Waals surface area (Å²) in [5.41, 5.74) is 2.40. The predicted octanol–water partition coefficient (Wildman–Crippen LogP) is 4.10. The van der Waals surface area contributed by atoms with E-state index in [1.165, 1.54) is 6.07 Å². The fraction of sp³-hybridized carbons (Fsp3) is 0.238. The molecule has 134 valence electrons. The largest absolute Gasteiger partial charge is 0.479 e. The molecule has 0 spiro atoms. The van der Waals surface area contributed by atoms with Gasteiger partial charge in [0.1, 0.15) is 11.3 Å². The highest BCUT2D eigenvalue weighted by atomic mass is 16.6. The molecule has 2 aromatic carbocycles. The number of fused-ring (bicyclic) bond motifs is 1. The Balaban J connectivity index is 2.07. The fourth-order valence-electron chi connectivity index (χ4n) is 2.83. The van der Waals surface area contributed by atoms with Crippen molar-refractivity contribution in [3.63, 3.8) is 0 Å². The molecule has 0 saturated carbocycles. The van der Waals surface area contributed by atoms with Crippen LogP contribution in [0.2, 0.25) is 0 Å². The van der Waals surface area contributed by atoms with Crippen molar-refractivity contribution >= 4 is 16.9 Å². The van der Waals surface area contributed by atoms with E-state index in [-0.39, 0.29) is 0 Å². The molecule has 0 bridgehead atoms. The Morgan fingerprint density at radius 1 is 1.15 bits per heavy atom. The molecule has 5 nitrogen and oxygen atoms in total. The number of rotatable bonds is 5. The van der Waals surface area contributed by atoms with Gasteiger partial charge in [-0.1, -0.05) is 30.3 Å². The van der Waals surface area contributed by atoms with Gasteiger partial charge < -0.3 is 13.9 Å². The predicted molar refractivity (Wildman–Crippen MR) is 99.4 cm³/mol. The minimum absolute atomic E-state index is 0.290. The third-order valence-corrected chi connectivity index (χ3v) is 4.12. The highest BCUT2D eigenvalue weighted by Crippen LogP contribution is 2.33. The fourth-order valence-corrected chi connectivity index (χ4v) is 2.83. The summed E-state index contributed by atoms with van der Waals surface area (Å²) in [4.78, 5) is 23.9. The Kier molecular flexibility index (Phi) is 5.07. The first kappa shape index (κ1) is 17.7. The average molecular weight is 352 g/mol. The molecular formula is C21H20O5. The van der Waals surface area contributed by atoms with E-state index in [2.05, 4.69) is 0 Å². The van der Waals surface area contributed by atoms with Crippen LogP contribution in [0.1, 0.15) is 19.4 Å². The molecule has 0 aliphatic carbocycles. The molecule has 1 heterocycles. The molecule has 1 atom stereocenters. The van der Waals surface area contributed by atoms with E-state index >= 15 is 0 Å². The second-order valence-electron chi connectivity index (χ2n) is 5.92. The minimum atomic E-state index is -0.755. The SMILES string of the molecule is CCOC(=O)[C@@H](C)Oc1ccc2c(-c3ccccc3)cc(=O)oc2c1C. The lowest BCUT2D eigenvalue weighted by Gasteiger charge is -2.16. The van der Waals surface area contributed by atoms with Crippen LogP contribution in [0.4, 0.5) is 0 Å². The van der Waals surface area contributed by atoms with Gasteiger partial charge in [0.15, 0.2) is 6.10 Å². The third-order valence-electron chi connectivity index (χ3n) is 4.12. The van der Waals surface area contributed by atoms with Gasteiger partial charge in [0, 0.05) is 17.0 Å². The van der Waals surface area contributed by atoms with Crippen molar-refractivity contribution in [2.24, 2.45) is 0 Å². The van der Waals surface area contributed by atoms with Crippen LogP contribution in [0.3, 0.4) is 0 Å². The van der Waals surface area contributed by atoms with Crippen LogP contribution >= 0.6 is 0 Å². The highest BCUT2D eigenvalue weighted by molar-refractivity contribution is 5.95. The lowest BCUT2D eigenvalue weighted by atomic mass is 10.00. The van der Waals surface area contributed by atoms with Crippen molar-refractivity contribution in [2.75, 3.05) is 6.61 Å². The maximum atomic E-state index is 12.1. The zero-order valence-corrected chi connectivity index (χ0v) is 14.9. The molecule has 0 fully saturated rings. The average Bonchev–Trinajstić information content (AvgIpc) is 2.64. The number of esters is 1. The number of aryl methyl sites for hydroxylation is 1. The molecule has 0 amide bonds. The van der Waals surface area contributed by atoms with Crippen LogP contribution in [0.5, 0.6) is 5.75 Å². The first-order valence-electron chi connectivity index (χ1n) is 8.47. The summed E-state index contributed by atoms with van der Waals surface area (Å²) in [5, 5.41) is 0.810.